The molecule has 2 aromatic rings. The van der Waals surface area contributed by atoms with E-state index in [0.717, 1.165) is 10.3 Å². The minimum absolute atomic E-state index is 0.215. The second-order valence-corrected chi connectivity index (χ2v) is 5.04. The van der Waals surface area contributed by atoms with Crippen LogP contribution in [0.25, 0.3) is 0 Å². The Hall–Kier alpha value is -1.31. The minimum atomic E-state index is 0.215. The summed E-state index contributed by atoms with van der Waals surface area (Å²) in [5, 5.41) is 0. The first-order valence-electron chi connectivity index (χ1n) is 4.29. The molecule has 70 valence electrons. The third-order valence-electron chi connectivity index (χ3n) is 1.76. The van der Waals surface area contributed by atoms with Crippen molar-refractivity contribution in [3.05, 3.63) is 48.7 Å². The van der Waals surface area contributed by atoms with Crippen molar-refractivity contribution in [3.63, 3.8) is 0 Å². The van der Waals surface area contributed by atoms with Crippen molar-refractivity contribution in [1.29, 1.82) is 0 Å². The van der Waals surface area contributed by atoms with Crippen LogP contribution in [0.5, 0.6) is 0 Å². The van der Waals surface area contributed by atoms with Crippen LogP contribution in [0.1, 0.15) is 0 Å². The van der Waals surface area contributed by atoms with Gasteiger partial charge in [-0.2, -0.15) is 0 Å². The van der Waals surface area contributed by atoms with Crippen LogP contribution in [0.4, 0.5) is 5.69 Å². The van der Waals surface area contributed by atoms with Crippen LogP contribution in [0, 0.1) is 0 Å². The Balaban J connectivity index is 2.24. The van der Waals surface area contributed by atoms with E-state index in [1.54, 1.807) is 6.20 Å². The van der Waals surface area contributed by atoms with Gasteiger partial charge in [0.25, 0.3) is 0 Å². The molecule has 0 aliphatic carbocycles. The molecule has 2 rings (SSSR count). The van der Waals surface area contributed by atoms with Crippen molar-refractivity contribution in [1.82, 2.24) is 4.98 Å². The third-order valence-corrected chi connectivity index (χ3v) is 3.95. The molecule has 0 bridgehead atoms. The summed E-state index contributed by atoms with van der Waals surface area (Å²) in [5.41, 5.74) is 6.61. The Morgan fingerprint density at radius 2 is 1.79 bits per heavy atom. The Morgan fingerprint density at radius 1 is 1.00 bits per heavy atom. The molecule has 0 spiro atoms. The van der Waals surface area contributed by atoms with E-state index in [-0.39, 0.29) is 15.0 Å². The molecule has 3 heteroatoms. The molecular formula is C11H10N2Se. The van der Waals surface area contributed by atoms with Gasteiger partial charge in [0.05, 0.1) is 0 Å². The summed E-state index contributed by atoms with van der Waals surface area (Å²) in [4.78, 5) is 4.28. The molecule has 0 atom stereocenters. The van der Waals surface area contributed by atoms with Crippen LogP contribution < -0.4 is 14.8 Å². The third kappa shape index (κ3) is 2.13. The molecule has 2 N–H and O–H groups in total. The molecule has 0 radical (unpaired) electrons. The molecule has 0 saturated heterocycles. The molecule has 1 heterocycles. The van der Waals surface area contributed by atoms with E-state index in [2.05, 4.69) is 17.1 Å². The van der Waals surface area contributed by atoms with E-state index in [1.165, 1.54) is 4.46 Å². The van der Waals surface area contributed by atoms with Crippen molar-refractivity contribution >= 4 is 29.7 Å². The normalized spacial score (nSPS) is 10.0. The summed E-state index contributed by atoms with van der Waals surface area (Å²) < 4.78 is 2.30. The summed E-state index contributed by atoms with van der Waals surface area (Å²) in [6, 6.07) is 14.1. The molecule has 0 unspecified atom stereocenters. The summed E-state index contributed by atoms with van der Waals surface area (Å²) in [7, 11) is 0. The molecule has 0 amide bonds. The fourth-order valence-corrected chi connectivity index (χ4v) is 2.80. The number of benzene rings is 1. The van der Waals surface area contributed by atoms with Crippen LogP contribution in [-0.4, -0.2) is 19.9 Å². The fraction of sp³-hybridized carbons (Fsp3) is 0. The number of pyridine rings is 1. The Morgan fingerprint density at radius 3 is 2.50 bits per heavy atom. The van der Waals surface area contributed by atoms with Gasteiger partial charge in [0.2, 0.25) is 0 Å². The van der Waals surface area contributed by atoms with Crippen LogP contribution in [0.15, 0.2) is 48.7 Å². The van der Waals surface area contributed by atoms with Crippen molar-refractivity contribution in [2.45, 2.75) is 0 Å². The SMILES string of the molecule is Nc1cccnc1[Se]c1ccccc1. The quantitative estimate of drug-likeness (QED) is 0.778. The van der Waals surface area contributed by atoms with E-state index in [4.69, 9.17) is 5.73 Å². The van der Waals surface area contributed by atoms with Gasteiger partial charge in [-0.25, -0.2) is 0 Å². The van der Waals surface area contributed by atoms with Crippen molar-refractivity contribution < 1.29 is 0 Å². The van der Waals surface area contributed by atoms with Gasteiger partial charge in [-0.05, 0) is 0 Å². The van der Waals surface area contributed by atoms with E-state index >= 15 is 0 Å². The molecular weight excluding hydrogens is 239 g/mol. The summed E-state index contributed by atoms with van der Waals surface area (Å²) >= 11 is 0.215. The van der Waals surface area contributed by atoms with Gasteiger partial charge in [-0.1, -0.05) is 0 Å². The number of hydrogen-bond acceptors (Lipinski definition) is 2. The predicted octanol–water partition coefficient (Wildman–Crippen LogP) is 0.319. The zero-order chi connectivity index (χ0) is 9.80. The summed E-state index contributed by atoms with van der Waals surface area (Å²) in [5.74, 6) is 0. The predicted molar refractivity (Wildman–Crippen MR) is 60.1 cm³/mol. The summed E-state index contributed by atoms with van der Waals surface area (Å²) in [6.45, 7) is 0. The number of anilines is 1. The van der Waals surface area contributed by atoms with Gasteiger partial charge in [0, 0.05) is 0 Å². The maximum absolute atomic E-state index is 5.82. The van der Waals surface area contributed by atoms with Gasteiger partial charge in [-0.15, -0.1) is 0 Å². The number of nitrogens with zero attached hydrogens (tertiary/aromatic N) is 1. The molecule has 1 aromatic heterocycles. The molecule has 1 aromatic carbocycles. The number of hydrogen-bond donors (Lipinski definition) is 1. The average Bonchev–Trinajstić information content (AvgIpc) is 2.23. The van der Waals surface area contributed by atoms with Gasteiger partial charge in [-0.3, -0.25) is 0 Å². The van der Waals surface area contributed by atoms with Crippen molar-refractivity contribution in [2.24, 2.45) is 0 Å². The topological polar surface area (TPSA) is 38.9 Å². The number of nitrogens with two attached hydrogens (primary N) is 1. The Bertz CT molecular complexity index is 415. The van der Waals surface area contributed by atoms with Gasteiger partial charge < -0.3 is 0 Å². The molecule has 2 nitrogen and oxygen atoms in total. The van der Waals surface area contributed by atoms with Crippen LogP contribution in [0.3, 0.4) is 0 Å². The van der Waals surface area contributed by atoms with Crippen LogP contribution in [0.2, 0.25) is 0 Å². The van der Waals surface area contributed by atoms with Gasteiger partial charge in [0.15, 0.2) is 0 Å². The van der Waals surface area contributed by atoms with Crippen LogP contribution >= 0.6 is 0 Å². The summed E-state index contributed by atoms with van der Waals surface area (Å²) in [6.07, 6.45) is 1.79. The van der Waals surface area contributed by atoms with E-state index in [0.29, 0.717) is 0 Å². The van der Waals surface area contributed by atoms with Crippen molar-refractivity contribution in [3.8, 4) is 0 Å². The standard InChI is InChI=1S/C11H10N2Se/c12-10-7-4-8-13-11(10)14-9-5-2-1-3-6-9/h1-8H,12H2. The first-order valence-corrected chi connectivity index (χ1v) is 6.01. The number of aromatic nitrogens is 1. The van der Waals surface area contributed by atoms with E-state index in [1.807, 2.05) is 30.3 Å². The molecule has 0 fully saturated rings. The number of rotatable bonds is 2. The molecule has 0 saturated carbocycles. The van der Waals surface area contributed by atoms with E-state index in [9.17, 15) is 0 Å². The monoisotopic (exact) mass is 250 g/mol. The fourth-order valence-electron chi connectivity index (χ4n) is 1.09. The molecule has 0 aliphatic rings. The van der Waals surface area contributed by atoms with E-state index < -0.39 is 0 Å². The second-order valence-electron chi connectivity index (χ2n) is 2.81. The van der Waals surface area contributed by atoms with Gasteiger partial charge >= 0.3 is 89.1 Å². The number of nitrogen functional groups attached to an aromatic ring is 1. The zero-order valence-corrected chi connectivity index (χ0v) is 9.26. The maximum atomic E-state index is 5.82. The Labute approximate surface area is 89.3 Å². The second kappa shape index (κ2) is 4.27. The van der Waals surface area contributed by atoms with Crippen molar-refractivity contribution in [2.75, 3.05) is 5.73 Å². The average molecular weight is 249 g/mol. The molecule has 14 heavy (non-hydrogen) atoms. The zero-order valence-electron chi connectivity index (χ0n) is 7.55. The Kier molecular flexibility index (Phi) is 2.82. The first-order chi connectivity index (χ1) is 6.86. The molecule has 0 aliphatic heterocycles. The first kappa shape index (κ1) is 9.25. The van der Waals surface area contributed by atoms with Gasteiger partial charge in [0.1, 0.15) is 0 Å². The van der Waals surface area contributed by atoms with Crippen LogP contribution in [-0.2, 0) is 0 Å².